The van der Waals surface area contributed by atoms with E-state index in [1.807, 2.05) is 21.0 Å². The first-order valence-corrected chi connectivity index (χ1v) is 9.06. The molecule has 1 aromatic rings. The molecule has 2 atom stereocenters. The Hall–Kier alpha value is -2.26. The van der Waals surface area contributed by atoms with Gasteiger partial charge in [0.05, 0.1) is 24.8 Å². The van der Waals surface area contributed by atoms with E-state index in [0.29, 0.717) is 24.4 Å². The average Bonchev–Trinajstić information content (AvgIpc) is 2.52. The van der Waals surface area contributed by atoms with Gasteiger partial charge in [-0.05, 0) is 31.5 Å². The molecular formula is C15H20N4O6S. The Morgan fingerprint density at radius 2 is 1.96 bits per heavy atom. The number of hydrogen-bond donors (Lipinski definition) is 1. The van der Waals surface area contributed by atoms with E-state index in [4.69, 9.17) is 22.3 Å². The lowest BCUT2D eigenvalue weighted by Crippen LogP contribution is -2.58. The van der Waals surface area contributed by atoms with Crippen LogP contribution in [0.5, 0.6) is 5.75 Å². The van der Waals surface area contributed by atoms with Crippen LogP contribution in [-0.4, -0.2) is 67.0 Å². The zero-order valence-corrected chi connectivity index (χ0v) is 15.6. The molecule has 3 rings (SSSR count). The van der Waals surface area contributed by atoms with Gasteiger partial charge in [0.2, 0.25) is 27.4 Å². The van der Waals surface area contributed by atoms with E-state index in [1.165, 1.54) is 0 Å². The maximum atomic E-state index is 12.3. The normalized spacial score (nSPS) is 22.0. The van der Waals surface area contributed by atoms with Crippen molar-refractivity contribution in [2.24, 2.45) is 0 Å². The largest absolute Gasteiger partial charge is 0.726 e. The maximum Gasteiger partial charge on any atom is 0.431 e. The lowest BCUT2D eigenvalue weighted by atomic mass is 9.83. The van der Waals surface area contributed by atoms with E-state index < -0.39 is 10.4 Å². The van der Waals surface area contributed by atoms with Crippen molar-refractivity contribution in [2.75, 3.05) is 27.7 Å². The van der Waals surface area contributed by atoms with Crippen molar-refractivity contribution in [3.05, 3.63) is 27.7 Å². The molecule has 0 unspecified atom stereocenters. The molecular weight excluding hydrogens is 364 g/mol. The SMILES string of the molecule is COc1c(C)cc2c(c1[N+]#N)[C@@H]1CN(C)C(=O)[C@H](C2)N1C.O=S(=O)([O-])O. The number of rotatable bonds is 1. The van der Waals surface area contributed by atoms with Crippen LogP contribution >= 0.6 is 0 Å². The van der Waals surface area contributed by atoms with Gasteiger partial charge < -0.3 is 14.2 Å². The van der Waals surface area contributed by atoms with Gasteiger partial charge in [-0.2, -0.15) is 0 Å². The molecule has 2 bridgehead atoms. The third-order valence-electron chi connectivity index (χ3n) is 4.71. The topological polar surface area (TPSA) is 138 Å². The van der Waals surface area contributed by atoms with E-state index in [1.54, 1.807) is 12.0 Å². The Kier molecular flexibility index (Phi) is 5.52. The maximum absolute atomic E-state index is 12.3. The highest BCUT2D eigenvalue weighted by Crippen LogP contribution is 2.46. The highest BCUT2D eigenvalue weighted by Gasteiger charge is 2.47. The van der Waals surface area contributed by atoms with Crippen molar-refractivity contribution in [3.63, 3.8) is 0 Å². The molecule has 0 radical (unpaired) electrons. The van der Waals surface area contributed by atoms with Crippen molar-refractivity contribution in [1.29, 1.82) is 5.39 Å². The van der Waals surface area contributed by atoms with Gasteiger partial charge in [-0.3, -0.25) is 14.2 Å². The number of carbonyl (C=O) groups is 1. The molecule has 11 heteroatoms. The molecule has 26 heavy (non-hydrogen) atoms. The standard InChI is InChI=1S/C15H19N4O2.H2O4S/c1-8-5-9-6-10-15(20)18(2)7-11(19(10)3)12(9)13(17-16)14(8)21-4;1-5(2,3)4/h5,10-11H,6-7H2,1-4H3;(H2,1,2,3,4)/q+1;/p-1/t10-,11-;/m0./s1. The number of amides is 1. The van der Waals surface area contributed by atoms with Crippen LogP contribution in [0.15, 0.2) is 6.07 Å². The molecule has 1 aromatic carbocycles. The number of fused-ring (bicyclic) bond motifs is 4. The lowest BCUT2D eigenvalue weighted by Gasteiger charge is -2.46. The summed E-state index contributed by atoms with van der Waals surface area (Å²) in [6, 6.07) is 1.94. The molecule has 1 fully saturated rings. The molecule has 1 saturated heterocycles. The van der Waals surface area contributed by atoms with Crippen molar-refractivity contribution in [1.82, 2.24) is 9.80 Å². The summed E-state index contributed by atoms with van der Waals surface area (Å²) in [6.45, 7) is 2.52. The molecule has 2 aliphatic rings. The molecule has 0 aromatic heterocycles. The number of likely N-dealkylation sites (N-methyl/N-ethyl adjacent to an activating group) is 2. The van der Waals surface area contributed by atoms with Gasteiger partial charge in [0.15, 0.2) is 4.98 Å². The molecule has 1 amide bonds. The predicted molar refractivity (Wildman–Crippen MR) is 90.4 cm³/mol. The number of aryl methyl sites for hydroxylation is 1. The lowest BCUT2D eigenvalue weighted by molar-refractivity contribution is -0.143. The summed E-state index contributed by atoms with van der Waals surface area (Å²) in [5, 5.41) is 9.48. The minimum Gasteiger partial charge on any atom is -0.726 e. The highest BCUT2D eigenvalue weighted by molar-refractivity contribution is 7.79. The molecule has 0 spiro atoms. The van der Waals surface area contributed by atoms with Gasteiger partial charge in [-0.1, -0.05) is 6.07 Å². The van der Waals surface area contributed by atoms with Crippen LogP contribution in [0.4, 0.5) is 5.69 Å². The number of methoxy groups -OCH3 is 1. The van der Waals surface area contributed by atoms with Gasteiger partial charge in [-0.15, -0.1) is 0 Å². The number of nitrogens with zero attached hydrogens (tertiary/aromatic N) is 4. The Balaban J connectivity index is 0.000000431. The first kappa shape index (κ1) is 20.1. The van der Waals surface area contributed by atoms with Gasteiger partial charge in [0.25, 0.3) is 0 Å². The van der Waals surface area contributed by atoms with Crippen molar-refractivity contribution < 1.29 is 27.1 Å². The smallest absolute Gasteiger partial charge is 0.431 e. The van der Waals surface area contributed by atoms with Crippen LogP contribution in [-0.2, 0) is 21.6 Å². The molecule has 10 nitrogen and oxygen atoms in total. The number of ether oxygens (including phenoxy) is 1. The fourth-order valence-electron chi connectivity index (χ4n) is 3.62. The van der Waals surface area contributed by atoms with Crippen LogP contribution in [0.2, 0.25) is 0 Å². The van der Waals surface area contributed by atoms with E-state index in [0.717, 1.165) is 16.7 Å². The third kappa shape index (κ3) is 3.78. The van der Waals surface area contributed by atoms with Crippen molar-refractivity contribution in [3.8, 4) is 5.75 Å². The van der Waals surface area contributed by atoms with Crippen LogP contribution < -0.4 is 4.74 Å². The van der Waals surface area contributed by atoms with Crippen LogP contribution in [0, 0.1) is 12.3 Å². The number of piperazine rings is 1. The Morgan fingerprint density at radius 3 is 2.46 bits per heavy atom. The van der Waals surface area contributed by atoms with Crippen LogP contribution in [0.25, 0.3) is 4.98 Å². The van der Waals surface area contributed by atoms with Crippen LogP contribution in [0.1, 0.15) is 22.7 Å². The molecule has 2 heterocycles. The number of hydrogen-bond acceptors (Lipinski definition) is 7. The summed E-state index contributed by atoms with van der Waals surface area (Å²) in [6.07, 6.45) is 0.638. The first-order valence-electron chi connectivity index (χ1n) is 7.70. The summed E-state index contributed by atoms with van der Waals surface area (Å²) >= 11 is 0. The zero-order chi connectivity index (χ0) is 19.8. The van der Waals surface area contributed by atoms with Gasteiger partial charge in [0.1, 0.15) is 0 Å². The number of carbonyl (C=O) groups excluding carboxylic acids is 1. The summed E-state index contributed by atoms with van der Waals surface area (Å²) in [4.78, 5) is 19.6. The Bertz CT molecular complexity index is 871. The highest BCUT2D eigenvalue weighted by atomic mass is 32.3. The molecule has 142 valence electrons. The fourth-order valence-corrected chi connectivity index (χ4v) is 3.62. The summed E-state index contributed by atoms with van der Waals surface area (Å²) in [5.41, 5.74) is 3.46. The first-order chi connectivity index (χ1) is 12.0. The zero-order valence-electron chi connectivity index (χ0n) is 14.8. The van der Waals surface area contributed by atoms with Gasteiger partial charge >= 0.3 is 5.69 Å². The predicted octanol–water partition coefficient (Wildman–Crippen LogP) is 0.862. The Morgan fingerprint density at radius 1 is 1.38 bits per heavy atom. The second-order valence-corrected chi connectivity index (χ2v) is 7.15. The number of benzene rings is 1. The molecule has 2 aliphatic heterocycles. The van der Waals surface area contributed by atoms with Gasteiger partial charge in [0, 0.05) is 13.6 Å². The molecule has 0 saturated carbocycles. The summed E-state index contributed by atoms with van der Waals surface area (Å²) in [5.74, 6) is 0.748. The minimum atomic E-state index is -4.92. The quantitative estimate of drug-likeness (QED) is 0.427. The summed E-state index contributed by atoms with van der Waals surface area (Å²) < 4.78 is 38.2. The second-order valence-electron chi connectivity index (χ2n) is 6.30. The Labute approximate surface area is 151 Å². The molecule has 1 N–H and O–H groups in total. The molecule has 0 aliphatic carbocycles. The van der Waals surface area contributed by atoms with Crippen molar-refractivity contribution in [2.45, 2.75) is 25.4 Å². The summed E-state index contributed by atoms with van der Waals surface area (Å²) in [7, 11) is 0.438. The number of diazo groups is 1. The fraction of sp³-hybridized carbons (Fsp3) is 0.533. The third-order valence-corrected chi connectivity index (χ3v) is 4.71. The van der Waals surface area contributed by atoms with E-state index in [-0.39, 0.29) is 18.0 Å². The minimum absolute atomic E-state index is 0.0295. The second kappa shape index (κ2) is 7.16. The van der Waals surface area contributed by atoms with E-state index >= 15 is 0 Å². The van der Waals surface area contributed by atoms with Crippen LogP contribution in [0.3, 0.4) is 0 Å². The average molecular weight is 384 g/mol. The van der Waals surface area contributed by atoms with Crippen molar-refractivity contribution >= 4 is 22.0 Å². The van der Waals surface area contributed by atoms with E-state index in [9.17, 15) is 10.2 Å². The van der Waals surface area contributed by atoms with Gasteiger partial charge in [-0.25, -0.2) is 8.42 Å². The van der Waals surface area contributed by atoms with E-state index in [2.05, 4.69) is 15.9 Å². The monoisotopic (exact) mass is 384 g/mol.